The molecule has 0 spiro atoms. The molecule has 1 nitrogen and oxygen atoms in total. The molecule has 0 saturated carbocycles. The van der Waals surface area contributed by atoms with Crippen LogP contribution in [-0.4, -0.2) is 5.78 Å². The average molecular weight is 152 g/mol. The zero-order valence-electron chi connectivity index (χ0n) is 7.55. The van der Waals surface area contributed by atoms with Crippen LogP contribution in [0.1, 0.15) is 33.6 Å². The molecular weight excluding hydrogens is 136 g/mol. The van der Waals surface area contributed by atoms with E-state index in [0.717, 1.165) is 6.42 Å². The standard InChI is InChI=1S/C10H16O/c1-4-6-10(11)8-5-7-9(2)3/h4,6-7H,5,8H2,1-3H3/b6-4+. The third-order valence-electron chi connectivity index (χ3n) is 1.30. The van der Waals surface area contributed by atoms with Gasteiger partial charge in [-0.1, -0.05) is 17.7 Å². The van der Waals surface area contributed by atoms with E-state index in [1.54, 1.807) is 12.2 Å². The summed E-state index contributed by atoms with van der Waals surface area (Å²) in [5, 5.41) is 0. The number of hydrogen-bond donors (Lipinski definition) is 0. The van der Waals surface area contributed by atoms with Gasteiger partial charge in [0, 0.05) is 6.42 Å². The van der Waals surface area contributed by atoms with E-state index >= 15 is 0 Å². The Balaban J connectivity index is 3.55. The number of rotatable bonds is 4. The molecule has 0 aromatic carbocycles. The summed E-state index contributed by atoms with van der Waals surface area (Å²) in [7, 11) is 0. The van der Waals surface area contributed by atoms with Gasteiger partial charge in [0.05, 0.1) is 0 Å². The fourth-order valence-corrected chi connectivity index (χ4v) is 0.772. The molecule has 1 heteroatoms. The summed E-state index contributed by atoms with van der Waals surface area (Å²) in [6.45, 7) is 5.94. The fourth-order valence-electron chi connectivity index (χ4n) is 0.772. The molecule has 0 saturated heterocycles. The van der Waals surface area contributed by atoms with Crippen molar-refractivity contribution in [2.45, 2.75) is 33.6 Å². The molecule has 0 N–H and O–H groups in total. The van der Waals surface area contributed by atoms with Crippen LogP contribution in [0.5, 0.6) is 0 Å². The van der Waals surface area contributed by atoms with Crippen LogP contribution >= 0.6 is 0 Å². The Labute approximate surface area is 68.8 Å². The molecule has 0 aromatic heterocycles. The Morgan fingerprint density at radius 1 is 1.36 bits per heavy atom. The molecule has 0 aromatic rings. The molecule has 11 heavy (non-hydrogen) atoms. The van der Waals surface area contributed by atoms with Gasteiger partial charge in [-0.2, -0.15) is 0 Å². The first-order valence-corrected chi connectivity index (χ1v) is 3.95. The molecule has 0 aliphatic rings. The molecule has 0 amide bonds. The highest BCUT2D eigenvalue weighted by Crippen LogP contribution is 1.98. The van der Waals surface area contributed by atoms with Crippen molar-refractivity contribution in [2.75, 3.05) is 0 Å². The lowest BCUT2D eigenvalue weighted by atomic mass is 10.2. The Morgan fingerprint density at radius 2 is 2.00 bits per heavy atom. The Hall–Kier alpha value is -0.850. The van der Waals surface area contributed by atoms with Gasteiger partial charge in [-0.05, 0) is 33.3 Å². The van der Waals surface area contributed by atoms with Gasteiger partial charge in [-0.15, -0.1) is 0 Å². The summed E-state index contributed by atoms with van der Waals surface area (Å²) in [6, 6.07) is 0. The minimum atomic E-state index is 0.213. The molecule has 0 heterocycles. The van der Waals surface area contributed by atoms with Crippen molar-refractivity contribution in [3.63, 3.8) is 0 Å². The molecular formula is C10H16O. The van der Waals surface area contributed by atoms with Crippen molar-refractivity contribution in [1.82, 2.24) is 0 Å². The van der Waals surface area contributed by atoms with Gasteiger partial charge in [0.25, 0.3) is 0 Å². The minimum absolute atomic E-state index is 0.213. The van der Waals surface area contributed by atoms with Gasteiger partial charge >= 0.3 is 0 Å². The number of carbonyl (C=O) groups is 1. The van der Waals surface area contributed by atoms with E-state index in [1.165, 1.54) is 5.57 Å². The zero-order valence-corrected chi connectivity index (χ0v) is 7.55. The summed E-state index contributed by atoms with van der Waals surface area (Å²) >= 11 is 0. The van der Waals surface area contributed by atoms with Crippen molar-refractivity contribution in [3.8, 4) is 0 Å². The molecule has 62 valence electrons. The lowest BCUT2D eigenvalue weighted by Crippen LogP contribution is -1.89. The van der Waals surface area contributed by atoms with E-state index in [-0.39, 0.29) is 5.78 Å². The first kappa shape index (κ1) is 10.2. The van der Waals surface area contributed by atoms with Crippen LogP contribution in [0.25, 0.3) is 0 Å². The van der Waals surface area contributed by atoms with Gasteiger partial charge in [0.15, 0.2) is 5.78 Å². The molecule has 0 fully saturated rings. The van der Waals surface area contributed by atoms with Gasteiger partial charge in [0.2, 0.25) is 0 Å². The highest BCUT2D eigenvalue weighted by Gasteiger charge is 1.92. The monoisotopic (exact) mass is 152 g/mol. The number of carbonyl (C=O) groups excluding carboxylic acids is 1. The first-order valence-electron chi connectivity index (χ1n) is 3.95. The van der Waals surface area contributed by atoms with Crippen molar-refractivity contribution >= 4 is 5.78 Å². The smallest absolute Gasteiger partial charge is 0.155 e. The predicted molar refractivity (Wildman–Crippen MR) is 48.5 cm³/mol. The number of allylic oxidation sites excluding steroid dienone is 4. The molecule has 0 aliphatic carbocycles. The summed E-state index contributed by atoms with van der Waals surface area (Å²) in [5.41, 5.74) is 1.28. The van der Waals surface area contributed by atoms with Crippen LogP contribution in [0.3, 0.4) is 0 Å². The third-order valence-corrected chi connectivity index (χ3v) is 1.30. The maximum Gasteiger partial charge on any atom is 0.155 e. The van der Waals surface area contributed by atoms with Crippen LogP contribution in [0.15, 0.2) is 23.8 Å². The minimum Gasteiger partial charge on any atom is -0.295 e. The second-order valence-electron chi connectivity index (χ2n) is 2.79. The third kappa shape index (κ3) is 7.04. The van der Waals surface area contributed by atoms with Crippen LogP contribution in [-0.2, 0) is 4.79 Å². The maximum atomic E-state index is 10.9. The summed E-state index contributed by atoms with van der Waals surface area (Å²) < 4.78 is 0. The van der Waals surface area contributed by atoms with Crippen molar-refractivity contribution < 1.29 is 4.79 Å². The second-order valence-corrected chi connectivity index (χ2v) is 2.79. The van der Waals surface area contributed by atoms with Crippen molar-refractivity contribution in [3.05, 3.63) is 23.8 Å². The normalized spacial score (nSPS) is 10.1. The maximum absolute atomic E-state index is 10.9. The topological polar surface area (TPSA) is 17.1 Å². The zero-order chi connectivity index (χ0) is 8.69. The van der Waals surface area contributed by atoms with Crippen LogP contribution < -0.4 is 0 Å². The fraction of sp³-hybridized carbons (Fsp3) is 0.500. The Bertz CT molecular complexity index is 171. The Morgan fingerprint density at radius 3 is 2.45 bits per heavy atom. The second kappa shape index (κ2) is 5.90. The highest BCUT2D eigenvalue weighted by molar-refractivity contribution is 5.89. The largest absolute Gasteiger partial charge is 0.295 e. The molecule has 0 atom stereocenters. The van der Waals surface area contributed by atoms with E-state index in [0.29, 0.717) is 6.42 Å². The van der Waals surface area contributed by atoms with Gasteiger partial charge in [-0.25, -0.2) is 0 Å². The molecule has 0 unspecified atom stereocenters. The number of ketones is 1. The van der Waals surface area contributed by atoms with Gasteiger partial charge in [-0.3, -0.25) is 4.79 Å². The van der Waals surface area contributed by atoms with E-state index in [1.807, 2.05) is 20.8 Å². The van der Waals surface area contributed by atoms with E-state index < -0.39 is 0 Å². The molecule has 0 rings (SSSR count). The summed E-state index contributed by atoms with van der Waals surface area (Å²) in [6.07, 6.45) is 6.99. The van der Waals surface area contributed by atoms with Gasteiger partial charge < -0.3 is 0 Å². The predicted octanol–water partition coefficient (Wildman–Crippen LogP) is 2.88. The lowest BCUT2D eigenvalue weighted by molar-refractivity contribution is -0.114. The van der Waals surface area contributed by atoms with E-state index in [9.17, 15) is 4.79 Å². The molecule has 0 bridgehead atoms. The van der Waals surface area contributed by atoms with Crippen LogP contribution in [0.4, 0.5) is 0 Å². The van der Waals surface area contributed by atoms with Crippen molar-refractivity contribution in [1.29, 1.82) is 0 Å². The van der Waals surface area contributed by atoms with Crippen LogP contribution in [0, 0.1) is 0 Å². The Kier molecular flexibility index (Phi) is 5.44. The SMILES string of the molecule is C/C=C/C(=O)CCC=C(C)C. The first-order chi connectivity index (χ1) is 5.16. The molecule has 0 aliphatic heterocycles. The van der Waals surface area contributed by atoms with Gasteiger partial charge in [0.1, 0.15) is 0 Å². The quantitative estimate of drug-likeness (QED) is 0.447. The van der Waals surface area contributed by atoms with E-state index in [4.69, 9.17) is 0 Å². The van der Waals surface area contributed by atoms with E-state index in [2.05, 4.69) is 6.08 Å². The lowest BCUT2D eigenvalue weighted by Gasteiger charge is -1.90. The average Bonchev–Trinajstić information content (AvgIpc) is 1.87. The molecule has 0 radical (unpaired) electrons. The highest BCUT2D eigenvalue weighted by atomic mass is 16.1. The van der Waals surface area contributed by atoms with Crippen molar-refractivity contribution in [2.24, 2.45) is 0 Å². The van der Waals surface area contributed by atoms with Crippen LogP contribution in [0.2, 0.25) is 0 Å². The summed E-state index contributed by atoms with van der Waals surface area (Å²) in [4.78, 5) is 10.9. The summed E-state index contributed by atoms with van der Waals surface area (Å²) in [5.74, 6) is 0.213. The number of hydrogen-bond acceptors (Lipinski definition) is 1.